The van der Waals surface area contributed by atoms with E-state index in [1.807, 2.05) is 6.92 Å². The smallest absolute Gasteiger partial charge is 0.286 e. The van der Waals surface area contributed by atoms with Crippen LogP contribution in [0.2, 0.25) is 0 Å². The standard InChI is InChI=1S/C15H18N4O3/c1-9-17-12-8-19(7-11(12)15(21)18(9)3)6-10-4-5-13(22-10)14(20)16-2/h4-5H,6-8H2,1-3H3,(H,16,20). The highest BCUT2D eigenvalue weighted by molar-refractivity contribution is 5.91. The second-order valence-electron chi connectivity index (χ2n) is 5.44. The Balaban J connectivity index is 1.77. The maximum atomic E-state index is 12.2. The Hall–Kier alpha value is -2.41. The second kappa shape index (κ2) is 5.42. The van der Waals surface area contributed by atoms with Crippen molar-refractivity contribution in [3.05, 3.63) is 51.1 Å². The van der Waals surface area contributed by atoms with Gasteiger partial charge in [0, 0.05) is 27.2 Å². The minimum absolute atomic E-state index is 0.00972. The fourth-order valence-corrected chi connectivity index (χ4v) is 2.63. The fraction of sp³-hybridized carbons (Fsp3) is 0.400. The van der Waals surface area contributed by atoms with Crippen molar-refractivity contribution in [2.24, 2.45) is 7.05 Å². The van der Waals surface area contributed by atoms with Crippen LogP contribution in [-0.4, -0.2) is 27.4 Å². The summed E-state index contributed by atoms with van der Waals surface area (Å²) in [6.45, 7) is 3.52. The van der Waals surface area contributed by atoms with Crippen LogP contribution in [0.25, 0.3) is 0 Å². The molecule has 1 N–H and O–H groups in total. The monoisotopic (exact) mass is 302 g/mol. The minimum Gasteiger partial charge on any atom is -0.455 e. The molecule has 0 saturated heterocycles. The van der Waals surface area contributed by atoms with Gasteiger partial charge in [-0.05, 0) is 19.1 Å². The van der Waals surface area contributed by atoms with Crippen molar-refractivity contribution in [1.29, 1.82) is 0 Å². The molecule has 3 rings (SSSR count). The van der Waals surface area contributed by atoms with E-state index in [0.717, 1.165) is 11.3 Å². The number of aryl methyl sites for hydroxylation is 1. The number of carbonyl (C=O) groups excluding carboxylic acids is 1. The van der Waals surface area contributed by atoms with Gasteiger partial charge < -0.3 is 9.73 Å². The second-order valence-corrected chi connectivity index (χ2v) is 5.44. The van der Waals surface area contributed by atoms with Gasteiger partial charge in [0.25, 0.3) is 11.5 Å². The summed E-state index contributed by atoms with van der Waals surface area (Å²) >= 11 is 0. The molecule has 116 valence electrons. The Morgan fingerprint density at radius 3 is 2.91 bits per heavy atom. The molecule has 0 saturated carbocycles. The molecule has 0 aromatic carbocycles. The zero-order chi connectivity index (χ0) is 15.9. The summed E-state index contributed by atoms with van der Waals surface area (Å²) in [5.74, 6) is 1.45. The van der Waals surface area contributed by atoms with E-state index in [4.69, 9.17) is 4.42 Å². The molecule has 0 aliphatic carbocycles. The van der Waals surface area contributed by atoms with Gasteiger partial charge >= 0.3 is 0 Å². The number of hydrogen-bond acceptors (Lipinski definition) is 5. The summed E-state index contributed by atoms with van der Waals surface area (Å²) in [6.07, 6.45) is 0. The normalized spacial score (nSPS) is 14.1. The first-order chi connectivity index (χ1) is 10.5. The summed E-state index contributed by atoms with van der Waals surface area (Å²) in [7, 11) is 3.29. The molecule has 1 amide bonds. The Kier molecular flexibility index (Phi) is 3.58. The van der Waals surface area contributed by atoms with Crippen molar-refractivity contribution in [3.63, 3.8) is 0 Å². The minimum atomic E-state index is -0.248. The average molecular weight is 302 g/mol. The molecule has 2 aromatic rings. The fourth-order valence-electron chi connectivity index (χ4n) is 2.63. The van der Waals surface area contributed by atoms with Gasteiger partial charge in [-0.1, -0.05) is 0 Å². The Morgan fingerprint density at radius 2 is 2.18 bits per heavy atom. The number of amides is 1. The predicted molar refractivity (Wildman–Crippen MR) is 79.3 cm³/mol. The molecule has 1 aliphatic rings. The van der Waals surface area contributed by atoms with Crippen LogP contribution in [0.4, 0.5) is 0 Å². The molecule has 0 spiro atoms. The largest absolute Gasteiger partial charge is 0.455 e. The molecular weight excluding hydrogens is 284 g/mol. The highest BCUT2D eigenvalue weighted by Gasteiger charge is 2.25. The number of furan rings is 1. The first-order valence-corrected chi connectivity index (χ1v) is 7.08. The Morgan fingerprint density at radius 1 is 1.41 bits per heavy atom. The van der Waals surface area contributed by atoms with Crippen LogP contribution < -0.4 is 10.9 Å². The van der Waals surface area contributed by atoms with Crippen LogP contribution in [0.15, 0.2) is 21.3 Å². The molecule has 22 heavy (non-hydrogen) atoms. The van der Waals surface area contributed by atoms with E-state index in [0.29, 0.717) is 37.0 Å². The lowest BCUT2D eigenvalue weighted by atomic mass is 10.2. The molecule has 3 heterocycles. The number of fused-ring (bicyclic) bond motifs is 1. The molecule has 0 bridgehead atoms. The zero-order valence-electron chi connectivity index (χ0n) is 12.8. The SMILES string of the molecule is CNC(=O)c1ccc(CN2Cc3nc(C)n(C)c(=O)c3C2)o1. The van der Waals surface area contributed by atoms with Gasteiger partial charge in [-0.15, -0.1) is 0 Å². The first kappa shape index (κ1) is 14.5. The topological polar surface area (TPSA) is 80.4 Å². The van der Waals surface area contributed by atoms with Crippen molar-refractivity contribution >= 4 is 5.91 Å². The van der Waals surface area contributed by atoms with E-state index in [9.17, 15) is 9.59 Å². The molecule has 0 atom stereocenters. The van der Waals surface area contributed by atoms with Gasteiger partial charge in [0.1, 0.15) is 11.6 Å². The van der Waals surface area contributed by atoms with E-state index < -0.39 is 0 Å². The van der Waals surface area contributed by atoms with Gasteiger partial charge in [-0.25, -0.2) is 4.98 Å². The van der Waals surface area contributed by atoms with Crippen molar-refractivity contribution in [1.82, 2.24) is 19.8 Å². The van der Waals surface area contributed by atoms with Crippen molar-refractivity contribution in [3.8, 4) is 0 Å². The van der Waals surface area contributed by atoms with E-state index in [1.54, 1.807) is 30.8 Å². The van der Waals surface area contributed by atoms with Gasteiger partial charge in [-0.3, -0.25) is 19.1 Å². The van der Waals surface area contributed by atoms with Crippen LogP contribution in [0.1, 0.15) is 33.4 Å². The highest BCUT2D eigenvalue weighted by atomic mass is 16.4. The number of hydrogen-bond donors (Lipinski definition) is 1. The van der Waals surface area contributed by atoms with Crippen LogP contribution in [0.3, 0.4) is 0 Å². The van der Waals surface area contributed by atoms with Gasteiger partial charge in [0.15, 0.2) is 5.76 Å². The van der Waals surface area contributed by atoms with Gasteiger partial charge in [0.2, 0.25) is 0 Å². The summed E-state index contributed by atoms with van der Waals surface area (Å²) in [5, 5.41) is 2.52. The van der Waals surface area contributed by atoms with Crippen LogP contribution >= 0.6 is 0 Å². The van der Waals surface area contributed by atoms with E-state index in [-0.39, 0.29) is 11.5 Å². The van der Waals surface area contributed by atoms with Gasteiger partial charge in [-0.2, -0.15) is 0 Å². The van der Waals surface area contributed by atoms with Crippen molar-refractivity contribution < 1.29 is 9.21 Å². The molecule has 1 aliphatic heterocycles. The third-order valence-corrected chi connectivity index (χ3v) is 3.94. The van der Waals surface area contributed by atoms with Crippen molar-refractivity contribution in [2.75, 3.05) is 7.05 Å². The number of rotatable bonds is 3. The summed E-state index contributed by atoms with van der Waals surface area (Å²) < 4.78 is 7.09. The molecule has 7 heteroatoms. The lowest BCUT2D eigenvalue weighted by Gasteiger charge is -2.11. The molecule has 7 nitrogen and oxygen atoms in total. The lowest BCUT2D eigenvalue weighted by molar-refractivity contribution is 0.0931. The van der Waals surface area contributed by atoms with Crippen LogP contribution in [-0.2, 0) is 26.7 Å². The lowest BCUT2D eigenvalue weighted by Crippen LogP contribution is -2.25. The number of nitrogens with one attached hydrogen (secondary N) is 1. The zero-order valence-corrected chi connectivity index (χ0v) is 12.8. The quantitative estimate of drug-likeness (QED) is 0.896. The molecule has 2 aromatic heterocycles. The third-order valence-electron chi connectivity index (χ3n) is 3.94. The van der Waals surface area contributed by atoms with Crippen LogP contribution in [0, 0.1) is 6.92 Å². The molecule has 0 fully saturated rings. The van der Waals surface area contributed by atoms with E-state index in [2.05, 4.69) is 15.2 Å². The number of nitrogens with zero attached hydrogens (tertiary/aromatic N) is 3. The van der Waals surface area contributed by atoms with Crippen molar-refractivity contribution in [2.45, 2.75) is 26.6 Å². The van der Waals surface area contributed by atoms with Crippen LogP contribution in [0.5, 0.6) is 0 Å². The average Bonchev–Trinajstić information content (AvgIpc) is 3.11. The maximum absolute atomic E-state index is 12.2. The molecule has 0 unspecified atom stereocenters. The molecule has 0 radical (unpaired) electrons. The maximum Gasteiger partial charge on any atom is 0.286 e. The van der Waals surface area contributed by atoms with E-state index >= 15 is 0 Å². The Labute approximate surface area is 127 Å². The summed E-state index contributed by atoms with van der Waals surface area (Å²) in [6, 6.07) is 3.43. The first-order valence-electron chi connectivity index (χ1n) is 7.08. The number of carbonyl (C=O) groups is 1. The Bertz CT molecular complexity index is 791. The summed E-state index contributed by atoms with van der Waals surface area (Å²) in [5.41, 5.74) is 1.58. The summed E-state index contributed by atoms with van der Waals surface area (Å²) in [4.78, 5) is 30.3. The predicted octanol–water partition coefficient (Wildman–Crippen LogP) is 0.557. The highest BCUT2D eigenvalue weighted by Crippen LogP contribution is 2.21. The third kappa shape index (κ3) is 2.43. The number of aromatic nitrogens is 2. The molecular formula is C15H18N4O3. The van der Waals surface area contributed by atoms with E-state index in [1.165, 1.54) is 0 Å². The van der Waals surface area contributed by atoms with Gasteiger partial charge in [0.05, 0.1) is 17.8 Å².